The standard InChI is InChI=1S/C27H29ClN4O3S/c1-4-31(5-2)36(34,35)22-13-10-12-20(17-22)27(33)29-19(3)26-30-24-15-8-9-16-25(24)32(26)18-21-11-6-7-14-23(21)28/h6-17,19H,4-5,18H2,1-3H3,(H,29,33)/p+1. The maximum atomic E-state index is 13.2. The van der Waals surface area contributed by atoms with Crippen molar-refractivity contribution in [1.82, 2.24) is 14.6 Å². The SMILES string of the molecule is CCN(CC)S(=O)(=O)c1cccc(C(=O)NC(C)c2[nH]c3ccccc3[n+]2Cc2ccccc2Cl)c1. The third kappa shape index (κ3) is 5.16. The predicted molar refractivity (Wildman–Crippen MR) is 141 cm³/mol. The molecule has 0 radical (unpaired) electrons. The van der Waals surface area contributed by atoms with Gasteiger partial charge in [0, 0.05) is 29.2 Å². The fraction of sp³-hybridized carbons (Fsp3) is 0.259. The highest BCUT2D eigenvalue weighted by atomic mass is 35.5. The number of carbonyl (C=O) groups excluding carboxylic acids is 1. The quantitative estimate of drug-likeness (QED) is 0.311. The zero-order chi connectivity index (χ0) is 25.9. The Morgan fingerprint density at radius 2 is 1.72 bits per heavy atom. The molecule has 3 aromatic carbocycles. The number of benzene rings is 3. The molecular formula is C27H30ClN4O3S+. The Hall–Kier alpha value is -3.20. The van der Waals surface area contributed by atoms with Crippen molar-refractivity contribution >= 4 is 38.6 Å². The number of hydrogen-bond donors (Lipinski definition) is 2. The van der Waals surface area contributed by atoms with E-state index >= 15 is 0 Å². The summed E-state index contributed by atoms with van der Waals surface area (Å²) >= 11 is 6.44. The van der Waals surface area contributed by atoms with E-state index in [4.69, 9.17) is 11.6 Å². The normalized spacial score (nSPS) is 12.7. The summed E-state index contributed by atoms with van der Waals surface area (Å²) in [7, 11) is -3.67. The van der Waals surface area contributed by atoms with Crippen molar-refractivity contribution in [2.75, 3.05) is 13.1 Å². The second kappa shape index (κ2) is 10.8. The Kier molecular flexibility index (Phi) is 7.78. The van der Waals surface area contributed by atoms with Crippen molar-refractivity contribution in [3.63, 3.8) is 0 Å². The number of halogens is 1. The summed E-state index contributed by atoms with van der Waals surface area (Å²) in [6.07, 6.45) is 0. The third-order valence-corrected chi connectivity index (χ3v) is 8.65. The van der Waals surface area contributed by atoms with E-state index in [9.17, 15) is 13.2 Å². The van der Waals surface area contributed by atoms with E-state index in [2.05, 4.69) is 14.9 Å². The summed E-state index contributed by atoms with van der Waals surface area (Å²) in [5, 5.41) is 3.69. The van der Waals surface area contributed by atoms with Crippen LogP contribution < -0.4 is 9.88 Å². The number of hydrogen-bond acceptors (Lipinski definition) is 3. The highest BCUT2D eigenvalue weighted by Gasteiger charge is 2.27. The van der Waals surface area contributed by atoms with E-state index in [1.165, 1.54) is 16.4 Å². The van der Waals surface area contributed by atoms with Gasteiger partial charge >= 0.3 is 0 Å². The number of carbonyl (C=O) groups is 1. The van der Waals surface area contributed by atoms with Crippen LogP contribution in [0.4, 0.5) is 0 Å². The molecule has 0 aliphatic carbocycles. The first-order chi connectivity index (χ1) is 17.3. The Labute approximate surface area is 216 Å². The molecule has 9 heteroatoms. The molecule has 1 atom stereocenters. The topological polar surface area (TPSA) is 86.2 Å². The summed E-state index contributed by atoms with van der Waals surface area (Å²) in [5.41, 5.74) is 3.17. The highest BCUT2D eigenvalue weighted by Crippen LogP contribution is 2.21. The first-order valence-corrected chi connectivity index (χ1v) is 13.7. The van der Waals surface area contributed by atoms with Gasteiger partial charge in [-0.05, 0) is 43.3 Å². The number of para-hydroxylation sites is 2. The summed E-state index contributed by atoms with van der Waals surface area (Å²) in [6, 6.07) is 21.4. The summed E-state index contributed by atoms with van der Waals surface area (Å²) in [6.45, 7) is 6.71. The monoisotopic (exact) mass is 525 g/mol. The van der Waals surface area contributed by atoms with Crippen LogP contribution >= 0.6 is 11.6 Å². The lowest BCUT2D eigenvalue weighted by Crippen LogP contribution is -2.42. The molecule has 0 saturated heterocycles. The number of sulfonamides is 1. The minimum absolute atomic E-state index is 0.103. The van der Waals surface area contributed by atoms with Gasteiger partial charge in [-0.15, -0.1) is 0 Å². The summed E-state index contributed by atoms with van der Waals surface area (Å²) in [5.74, 6) is 0.443. The molecule has 0 bridgehead atoms. The van der Waals surface area contributed by atoms with Crippen LogP contribution in [0.5, 0.6) is 0 Å². The minimum Gasteiger partial charge on any atom is -0.338 e. The summed E-state index contributed by atoms with van der Waals surface area (Å²) < 4.78 is 29.3. The lowest BCUT2D eigenvalue weighted by molar-refractivity contribution is -0.671. The van der Waals surface area contributed by atoms with Gasteiger partial charge in [0.2, 0.25) is 10.0 Å². The van der Waals surface area contributed by atoms with Crippen LogP contribution in [-0.2, 0) is 16.6 Å². The van der Waals surface area contributed by atoms with Crippen LogP contribution in [0.2, 0.25) is 5.02 Å². The van der Waals surface area contributed by atoms with Gasteiger partial charge in [0.1, 0.15) is 12.6 Å². The molecule has 7 nitrogen and oxygen atoms in total. The van der Waals surface area contributed by atoms with E-state index < -0.39 is 16.1 Å². The molecule has 4 rings (SSSR count). The van der Waals surface area contributed by atoms with Crippen LogP contribution in [0.3, 0.4) is 0 Å². The number of nitrogens with zero attached hydrogens (tertiary/aromatic N) is 2. The average Bonchev–Trinajstić information content (AvgIpc) is 3.24. The molecule has 0 aliphatic heterocycles. The number of aromatic nitrogens is 2. The fourth-order valence-corrected chi connectivity index (χ4v) is 6.02. The van der Waals surface area contributed by atoms with Crippen LogP contribution in [0.1, 0.15) is 48.6 Å². The first-order valence-electron chi connectivity index (χ1n) is 11.9. The highest BCUT2D eigenvalue weighted by molar-refractivity contribution is 7.89. The van der Waals surface area contributed by atoms with Gasteiger partial charge in [-0.1, -0.05) is 61.8 Å². The molecule has 1 unspecified atom stereocenters. The number of amides is 1. The zero-order valence-corrected chi connectivity index (χ0v) is 22.1. The molecule has 1 amide bonds. The van der Waals surface area contributed by atoms with Crippen LogP contribution in [0.25, 0.3) is 11.0 Å². The van der Waals surface area contributed by atoms with Gasteiger partial charge < -0.3 is 5.32 Å². The molecule has 0 spiro atoms. The van der Waals surface area contributed by atoms with Gasteiger partial charge in [-0.25, -0.2) is 18.0 Å². The molecule has 0 saturated carbocycles. The smallest absolute Gasteiger partial charge is 0.278 e. The van der Waals surface area contributed by atoms with Crippen LogP contribution in [0.15, 0.2) is 77.7 Å². The first kappa shape index (κ1) is 25.9. The zero-order valence-electron chi connectivity index (χ0n) is 20.5. The Bertz CT molecular complexity index is 1500. The van der Waals surface area contributed by atoms with E-state index in [-0.39, 0.29) is 16.4 Å². The van der Waals surface area contributed by atoms with Gasteiger partial charge in [-0.3, -0.25) is 4.79 Å². The lowest BCUT2D eigenvalue weighted by atomic mass is 10.2. The number of H-pyrrole nitrogens is 1. The predicted octanol–water partition coefficient (Wildman–Crippen LogP) is 4.68. The van der Waals surface area contributed by atoms with Crippen molar-refractivity contribution in [2.45, 2.75) is 38.3 Å². The molecule has 0 fully saturated rings. The Morgan fingerprint density at radius 1 is 1.03 bits per heavy atom. The van der Waals surface area contributed by atoms with Crippen LogP contribution in [0, 0.1) is 0 Å². The van der Waals surface area contributed by atoms with Crippen molar-refractivity contribution < 1.29 is 17.8 Å². The Balaban J connectivity index is 1.64. The van der Waals surface area contributed by atoms with Gasteiger partial charge in [-0.2, -0.15) is 4.31 Å². The summed E-state index contributed by atoms with van der Waals surface area (Å²) in [4.78, 5) is 16.7. The maximum Gasteiger partial charge on any atom is 0.278 e. The largest absolute Gasteiger partial charge is 0.338 e. The van der Waals surface area contributed by atoms with Gasteiger partial charge in [0.15, 0.2) is 11.0 Å². The van der Waals surface area contributed by atoms with E-state index in [1.807, 2.05) is 55.5 Å². The fourth-order valence-electron chi connectivity index (χ4n) is 4.32. The van der Waals surface area contributed by atoms with E-state index in [0.29, 0.717) is 24.7 Å². The lowest BCUT2D eigenvalue weighted by Gasteiger charge is -2.19. The molecule has 2 N–H and O–H groups in total. The number of rotatable bonds is 9. The molecule has 36 heavy (non-hydrogen) atoms. The van der Waals surface area contributed by atoms with Crippen molar-refractivity contribution in [3.8, 4) is 0 Å². The second-order valence-electron chi connectivity index (χ2n) is 8.52. The average molecular weight is 526 g/mol. The molecule has 1 heterocycles. The Morgan fingerprint density at radius 3 is 2.44 bits per heavy atom. The van der Waals surface area contributed by atoms with Gasteiger partial charge in [0.05, 0.1) is 4.90 Å². The number of fused-ring (bicyclic) bond motifs is 1. The van der Waals surface area contributed by atoms with Crippen molar-refractivity contribution in [1.29, 1.82) is 0 Å². The molecule has 188 valence electrons. The number of nitrogens with one attached hydrogen (secondary N) is 2. The van der Waals surface area contributed by atoms with E-state index in [1.54, 1.807) is 26.0 Å². The second-order valence-corrected chi connectivity index (χ2v) is 10.9. The number of imidazole rings is 1. The van der Waals surface area contributed by atoms with Gasteiger partial charge in [0.25, 0.3) is 11.7 Å². The molecule has 4 aromatic rings. The maximum absolute atomic E-state index is 13.2. The van der Waals surface area contributed by atoms with E-state index in [0.717, 1.165) is 22.4 Å². The van der Waals surface area contributed by atoms with Crippen molar-refractivity contribution in [3.05, 3.63) is 94.8 Å². The minimum atomic E-state index is -3.67. The molecule has 0 aliphatic rings. The van der Waals surface area contributed by atoms with Crippen LogP contribution in [-0.4, -0.2) is 36.7 Å². The molecule has 1 aromatic heterocycles. The molecular weight excluding hydrogens is 496 g/mol. The third-order valence-electron chi connectivity index (χ3n) is 6.23. The van der Waals surface area contributed by atoms with Crippen molar-refractivity contribution in [2.24, 2.45) is 0 Å². The number of aromatic amines is 1.